The van der Waals surface area contributed by atoms with E-state index in [1.165, 1.54) is 24.3 Å². The van der Waals surface area contributed by atoms with Gasteiger partial charge in [0.25, 0.3) is 0 Å². The summed E-state index contributed by atoms with van der Waals surface area (Å²) in [5.74, 6) is -6.79. The summed E-state index contributed by atoms with van der Waals surface area (Å²) in [7, 11) is 0. The quantitative estimate of drug-likeness (QED) is 0.607. The van der Waals surface area contributed by atoms with Crippen LogP contribution in [0.2, 0.25) is 0 Å². The minimum absolute atomic E-state index is 0.0811. The number of halogens is 4. The van der Waals surface area contributed by atoms with Gasteiger partial charge in [-0.1, -0.05) is 12.1 Å². The van der Waals surface area contributed by atoms with E-state index < -0.39 is 40.9 Å². The fourth-order valence-corrected chi connectivity index (χ4v) is 3.02. The third-order valence-electron chi connectivity index (χ3n) is 4.43. The molecule has 0 unspecified atom stereocenters. The average Bonchev–Trinajstić information content (AvgIpc) is 2.64. The Balaban J connectivity index is 2.01. The van der Waals surface area contributed by atoms with Crippen molar-refractivity contribution in [1.82, 2.24) is 0 Å². The van der Waals surface area contributed by atoms with Crippen LogP contribution in [-0.4, -0.2) is 16.9 Å². The molecule has 2 aromatic carbocycles. The maximum absolute atomic E-state index is 13.4. The van der Waals surface area contributed by atoms with Gasteiger partial charge >= 0.3 is 5.97 Å². The van der Waals surface area contributed by atoms with Crippen LogP contribution in [0.25, 0.3) is 12.2 Å². The number of carbonyl (C=O) groups is 2. The highest BCUT2D eigenvalue weighted by molar-refractivity contribution is 6.14. The van der Waals surface area contributed by atoms with Crippen molar-refractivity contribution < 1.29 is 32.3 Å². The molecule has 0 heterocycles. The van der Waals surface area contributed by atoms with Crippen molar-refractivity contribution in [3.8, 4) is 0 Å². The monoisotopic (exact) mass is 390 g/mol. The van der Waals surface area contributed by atoms with E-state index in [4.69, 9.17) is 0 Å². The highest BCUT2D eigenvalue weighted by atomic mass is 19.2. The van der Waals surface area contributed by atoms with Gasteiger partial charge in [-0.15, -0.1) is 0 Å². The molecular weight excluding hydrogens is 376 g/mol. The molecule has 1 aliphatic carbocycles. The highest BCUT2D eigenvalue weighted by Crippen LogP contribution is 2.33. The van der Waals surface area contributed by atoms with E-state index in [1.807, 2.05) is 0 Å². The topological polar surface area (TPSA) is 54.4 Å². The summed E-state index contributed by atoms with van der Waals surface area (Å²) < 4.78 is 53.0. The smallest absolute Gasteiger partial charge is 0.307 e. The Bertz CT molecular complexity index is 951. The van der Waals surface area contributed by atoms with Crippen molar-refractivity contribution in [2.75, 3.05) is 0 Å². The van der Waals surface area contributed by atoms with E-state index >= 15 is 0 Å². The predicted octanol–water partition coefficient (Wildman–Crippen LogP) is 4.77. The van der Waals surface area contributed by atoms with E-state index in [-0.39, 0.29) is 35.1 Å². The second kappa shape index (κ2) is 7.80. The number of benzene rings is 2. The highest BCUT2D eigenvalue weighted by Gasteiger charge is 2.32. The summed E-state index contributed by atoms with van der Waals surface area (Å²) in [6.07, 6.45) is 2.45. The molecule has 0 bridgehead atoms. The SMILES string of the molecule is O=C1/C(=C/c2ccc(F)c(F)c2)CC(C(=O)O)C/C1=C\c1ccc(F)c(F)c1. The number of ketones is 1. The van der Waals surface area contributed by atoms with Gasteiger partial charge in [-0.3, -0.25) is 9.59 Å². The van der Waals surface area contributed by atoms with Crippen LogP contribution in [0.4, 0.5) is 17.6 Å². The average molecular weight is 390 g/mol. The Morgan fingerprint density at radius 3 is 1.61 bits per heavy atom. The van der Waals surface area contributed by atoms with Crippen LogP contribution in [0.3, 0.4) is 0 Å². The van der Waals surface area contributed by atoms with Gasteiger partial charge in [-0.25, -0.2) is 17.6 Å². The van der Waals surface area contributed by atoms with Crippen molar-refractivity contribution in [2.24, 2.45) is 5.92 Å². The van der Waals surface area contributed by atoms with Gasteiger partial charge in [-0.2, -0.15) is 0 Å². The van der Waals surface area contributed by atoms with Gasteiger partial charge in [0.2, 0.25) is 0 Å². The van der Waals surface area contributed by atoms with E-state index in [0.717, 1.165) is 24.3 Å². The first kappa shape index (κ1) is 19.5. The van der Waals surface area contributed by atoms with Gasteiger partial charge in [-0.05, 0) is 60.4 Å². The summed E-state index contributed by atoms with van der Waals surface area (Å²) in [5, 5.41) is 9.37. The lowest BCUT2D eigenvalue weighted by atomic mass is 9.80. The molecule has 1 saturated carbocycles. The minimum Gasteiger partial charge on any atom is -0.481 e. The molecule has 1 aliphatic rings. The normalized spacial score (nSPS) is 20.0. The lowest BCUT2D eigenvalue weighted by Gasteiger charge is -2.22. The fraction of sp³-hybridized carbons (Fsp3) is 0.143. The molecule has 28 heavy (non-hydrogen) atoms. The van der Waals surface area contributed by atoms with E-state index in [1.54, 1.807) is 0 Å². The van der Waals surface area contributed by atoms with Gasteiger partial charge in [0.05, 0.1) is 5.92 Å². The molecule has 0 aliphatic heterocycles. The largest absolute Gasteiger partial charge is 0.481 e. The second-order valence-electron chi connectivity index (χ2n) is 6.46. The van der Waals surface area contributed by atoms with Gasteiger partial charge in [0.15, 0.2) is 29.1 Å². The molecule has 0 saturated heterocycles. The number of carboxylic acids is 1. The Hall–Kier alpha value is -3.22. The van der Waals surface area contributed by atoms with Crippen molar-refractivity contribution in [3.05, 3.63) is 81.9 Å². The number of allylic oxidation sites excluding steroid dienone is 2. The summed E-state index contributed by atoms with van der Waals surface area (Å²) in [4.78, 5) is 24.2. The number of hydrogen-bond donors (Lipinski definition) is 1. The molecule has 3 rings (SSSR count). The third kappa shape index (κ3) is 4.19. The first-order chi connectivity index (χ1) is 13.2. The Kier molecular flexibility index (Phi) is 5.44. The maximum Gasteiger partial charge on any atom is 0.307 e. The third-order valence-corrected chi connectivity index (χ3v) is 4.43. The Morgan fingerprint density at radius 2 is 1.25 bits per heavy atom. The van der Waals surface area contributed by atoms with Crippen molar-refractivity contribution in [1.29, 1.82) is 0 Å². The maximum atomic E-state index is 13.4. The molecule has 3 nitrogen and oxygen atoms in total. The first-order valence-electron chi connectivity index (χ1n) is 8.33. The predicted molar refractivity (Wildman–Crippen MR) is 94.0 cm³/mol. The van der Waals surface area contributed by atoms with Crippen LogP contribution in [-0.2, 0) is 9.59 Å². The summed E-state index contributed by atoms with van der Waals surface area (Å²) in [6, 6.07) is 6.14. The van der Waals surface area contributed by atoms with Crippen LogP contribution in [0, 0.1) is 29.2 Å². The second-order valence-corrected chi connectivity index (χ2v) is 6.46. The first-order valence-corrected chi connectivity index (χ1v) is 8.33. The van der Waals surface area contributed by atoms with Gasteiger partial charge < -0.3 is 5.11 Å². The lowest BCUT2D eigenvalue weighted by molar-refractivity contribution is -0.142. The molecule has 0 atom stereocenters. The van der Waals surface area contributed by atoms with Crippen molar-refractivity contribution >= 4 is 23.9 Å². The lowest BCUT2D eigenvalue weighted by Crippen LogP contribution is -2.25. The number of hydrogen-bond acceptors (Lipinski definition) is 2. The zero-order valence-electron chi connectivity index (χ0n) is 14.4. The number of carbonyl (C=O) groups excluding carboxylic acids is 1. The van der Waals surface area contributed by atoms with Crippen LogP contribution >= 0.6 is 0 Å². The molecule has 1 N–H and O–H groups in total. The van der Waals surface area contributed by atoms with E-state index in [0.29, 0.717) is 0 Å². The standard InChI is InChI=1S/C21H14F4O3/c22-16-3-1-11(7-18(16)24)5-13-9-15(21(27)28)10-14(20(13)26)6-12-2-4-17(23)19(25)8-12/h1-8,15H,9-10H2,(H,27,28)/b13-5+,14-6+. The molecule has 144 valence electrons. The molecule has 1 fully saturated rings. The van der Waals surface area contributed by atoms with Crippen molar-refractivity contribution in [3.63, 3.8) is 0 Å². The van der Waals surface area contributed by atoms with Crippen LogP contribution in [0.15, 0.2) is 47.5 Å². The number of aliphatic carboxylic acids is 1. The molecule has 0 radical (unpaired) electrons. The number of Topliss-reactive ketones (excluding diaryl/α,β-unsaturated/α-hetero) is 1. The van der Waals surface area contributed by atoms with Crippen LogP contribution in [0.1, 0.15) is 24.0 Å². The van der Waals surface area contributed by atoms with Gasteiger partial charge in [0, 0.05) is 11.1 Å². The molecule has 2 aromatic rings. The van der Waals surface area contributed by atoms with Crippen LogP contribution in [0.5, 0.6) is 0 Å². The fourth-order valence-electron chi connectivity index (χ4n) is 3.02. The van der Waals surface area contributed by atoms with Gasteiger partial charge in [0.1, 0.15) is 0 Å². The van der Waals surface area contributed by atoms with E-state index in [9.17, 15) is 32.3 Å². The molecule has 7 heteroatoms. The Labute approximate surface area is 157 Å². The van der Waals surface area contributed by atoms with Crippen molar-refractivity contribution in [2.45, 2.75) is 12.8 Å². The van der Waals surface area contributed by atoms with Crippen LogP contribution < -0.4 is 0 Å². The number of carboxylic acid groups (broad SMARTS) is 1. The summed E-state index contributed by atoms with van der Waals surface area (Å²) in [6.45, 7) is 0. The zero-order valence-corrected chi connectivity index (χ0v) is 14.4. The van der Waals surface area contributed by atoms with E-state index in [2.05, 4.69) is 0 Å². The minimum atomic E-state index is -1.13. The molecule has 0 amide bonds. The Morgan fingerprint density at radius 1 is 0.821 bits per heavy atom. The molecular formula is C21H14F4O3. The molecule has 0 spiro atoms. The summed E-state index contributed by atoms with van der Waals surface area (Å²) in [5.41, 5.74) is 0.637. The summed E-state index contributed by atoms with van der Waals surface area (Å²) >= 11 is 0. The number of rotatable bonds is 3. The zero-order chi connectivity index (χ0) is 20.4. The molecule has 0 aromatic heterocycles.